The molecule has 0 unspecified atom stereocenters. The maximum absolute atomic E-state index is 13.2. The van der Waals surface area contributed by atoms with Crippen molar-refractivity contribution < 1.29 is 14.3 Å². The van der Waals surface area contributed by atoms with Crippen LogP contribution in [0.15, 0.2) is 24.3 Å². The number of hydrogen-bond acceptors (Lipinski definition) is 3. The van der Waals surface area contributed by atoms with Crippen LogP contribution in [-0.4, -0.2) is 16.1 Å². The fraction of sp³-hybridized carbons (Fsp3) is 0.333. The highest BCUT2D eigenvalue weighted by Gasteiger charge is 2.27. The second kappa shape index (κ2) is 5.32. The van der Waals surface area contributed by atoms with E-state index in [0.29, 0.717) is 12.1 Å². The Morgan fingerprint density at radius 1 is 1.45 bits per heavy atom. The lowest BCUT2D eigenvalue weighted by Gasteiger charge is -2.22. The molecule has 2 rings (SSSR count). The molecule has 0 amide bonds. The molecule has 0 radical (unpaired) electrons. The van der Waals surface area contributed by atoms with E-state index < -0.39 is 5.97 Å². The summed E-state index contributed by atoms with van der Waals surface area (Å²) in [5.41, 5.74) is 1.07. The van der Waals surface area contributed by atoms with E-state index in [9.17, 15) is 9.18 Å². The van der Waals surface area contributed by atoms with Crippen molar-refractivity contribution in [3.8, 4) is 0 Å². The van der Waals surface area contributed by atoms with Crippen molar-refractivity contribution in [3.63, 3.8) is 0 Å². The van der Waals surface area contributed by atoms with E-state index in [1.54, 1.807) is 13.0 Å². The summed E-state index contributed by atoms with van der Waals surface area (Å²) in [5.74, 6) is -1.22. The van der Waals surface area contributed by atoms with E-state index in [1.807, 2.05) is 19.9 Å². The highest BCUT2D eigenvalue weighted by Crippen LogP contribution is 2.32. The second-order valence-electron chi connectivity index (χ2n) is 5.43. The van der Waals surface area contributed by atoms with Gasteiger partial charge in [-0.1, -0.05) is 26.0 Å². The maximum atomic E-state index is 13.2. The first-order valence-electron chi connectivity index (χ1n) is 6.25. The van der Waals surface area contributed by atoms with Crippen LogP contribution >= 0.6 is 11.3 Å². The number of nitrogens with zero attached hydrogens (tertiary/aromatic N) is 1. The van der Waals surface area contributed by atoms with Crippen LogP contribution in [0, 0.1) is 12.7 Å². The number of aromatic carboxylic acids is 1. The van der Waals surface area contributed by atoms with Crippen LogP contribution in [0.5, 0.6) is 0 Å². The number of aromatic nitrogens is 1. The van der Waals surface area contributed by atoms with Gasteiger partial charge in [-0.3, -0.25) is 0 Å². The number of rotatable bonds is 4. The maximum Gasteiger partial charge on any atom is 0.347 e. The Kier molecular flexibility index (Phi) is 3.90. The number of thiazole rings is 1. The van der Waals surface area contributed by atoms with Crippen LogP contribution in [-0.2, 0) is 11.8 Å². The van der Waals surface area contributed by atoms with Crippen LogP contribution in [0.1, 0.15) is 39.8 Å². The fourth-order valence-electron chi connectivity index (χ4n) is 2.12. The van der Waals surface area contributed by atoms with Crippen molar-refractivity contribution in [1.82, 2.24) is 4.98 Å². The first kappa shape index (κ1) is 14.7. The molecule has 1 aromatic heterocycles. The normalized spacial score (nSPS) is 11.6. The second-order valence-corrected chi connectivity index (χ2v) is 6.43. The molecule has 0 aliphatic rings. The summed E-state index contributed by atoms with van der Waals surface area (Å²) in [6, 6.07) is 6.45. The quantitative estimate of drug-likeness (QED) is 0.932. The molecule has 0 aliphatic heterocycles. The van der Waals surface area contributed by atoms with Gasteiger partial charge in [0.1, 0.15) is 10.7 Å². The molecule has 5 heteroatoms. The molecule has 0 spiro atoms. The fourth-order valence-corrected chi connectivity index (χ4v) is 3.12. The van der Waals surface area contributed by atoms with Gasteiger partial charge in [-0.25, -0.2) is 14.2 Å². The minimum absolute atomic E-state index is 0.264. The van der Waals surface area contributed by atoms with Crippen molar-refractivity contribution in [3.05, 3.63) is 51.2 Å². The average molecular weight is 293 g/mol. The lowest BCUT2D eigenvalue weighted by molar-refractivity contribution is 0.0701. The number of aryl methyl sites for hydroxylation is 1. The highest BCUT2D eigenvalue weighted by atomic mass is 32.1. The number of hydrogen-bond donors (Lipinski definition) is 1. The largest absolute Gasteiger partial charge is 0.477 e. The molecule has 2 aromatic rings. The summed E-state index contributed by atoms with van der Waals surface area (Å²) in [5, 5.41) is 9.85. The van der Waals surface area contributed by atoms with Crippen LogP contribution in [0.25, 0.3) is 0 Å². The van der Waals surface area contributed by atoms with Gasteiger partial charge in [0, 0.05) is 5.41 Å². The third-order valence-corrected chi connectivity index (χ3v) is 4.62. The Bertz CT molecular complexity index is 649. The summed E-state index contributed by atoms with van der Waals surface area (Å²) in [6.45, 7) is 5.67. The van der Waals surface area contributed by atoms with Crippen molar-refractivity contribution in [2.75, 3.05) is 0 Å². The standard InChI is InChI=1S/C15H16FNO2S/c1-9-12(13(18)19)20-14(17-9)15(2,3)8-10-5-4-6-11(16)7-10/h4-7H,8H2,1-3H3,(H,18,19). The summed E-state index contributed by atoms with van der Waals surface area (Å²) in [4.78, 5) is 15.7. The van der Waals surface area contributed by atoms with Gasteiger partial charge in [0.05, 0.1) is 10.7 Å². The zero-order valence-corrected chi connectivity index (χ0v) is 12.4. The number of carbonyl (C=O) groups is 1. The number of carboxylic acid groups (broad SMARTS) is 1. The van der Waals surface area contributed by atoms with E-state index in [0.717, 1.165) is 10.6 Å². The third-order valence-electron chi connectivity index (χ3n) is 3.10. The predicted molar refractivity (Wildman–Crippen MR) is 76.9 cm³/mol. The predicted octanol–water partition coefficient (Wildman–Crippen LogP) is 3.81. The summed E-state index contributed by atoms with van der Waals surface area (Å²) >= 11 is 1.19. The molecule has 1 N–H and O–H groups in total. The molecule has 0 saturated heterocycles. The average Bonchev–Trinajstić information content (AvgIpc) is 2.71. The first-order chi connectivity index (χ1) is 9.29. The first-order valence-corrected chi connectivity index (χ1v) is 7.07. The molecule has 20 heavy (non-hydrogen) atoms. The zero-order chi connectivity index (χ0) is 14.9. The highest BCUT2D eigenvalue weighted by molar-refractivity contribution is 7.13. The smallest absolute Gasteiger partial charge is 0.347 e. The monoisotopic (exact) mass is 293 g/mol. The van der Waals surface area contributed by atoms with Gasteiger partial charge in [-0.15, -0.1) is 11.3 Å². The summed E-state index contributed by atoms with van der Waals surface area (Å²) < 4.78 is 13.2. The molecule has 0 bridgehead atoms. The summed E-state index contributed by atoms with van der Waals surface area (Å²) in [7, 11) is 0. The van der Waals surface area contributed by atoms with Gasteiger partial charge in [0.25, 0.3) is 0 Å². The third kappa shape index (κ3) is 3.04. The van der Waals surface area contributed by atoms with Gasteiger partial charge in [-0.05, 0) is 31.0 Å². The SMILES string of the molecule is Cc1nc(C(C)(C)Cc2cccc(F)c2)sc1C(=O)O. The van der Waals surface area contributed by atoms with Gasteiger partial charge in [0.2, 0.25) is 0 Å². The Morgan fingerprint density at radius 2 is 2.15 bits per heavy atom. The molecular formula is C15H16FNO2S. The van der Waals surface area contributed by atoms with E-state index in [1.165, 1.54) is 23.5 Å². The van der Waals surface area contributed by atoms with Crippen molar-refractivity contribution >= 4 is 17.3 Å². The van der Waals surface area contributed by atoms with E-state index in [2.05, 4.69) is 4.98 Å². The van der Waals surface area contributed by atoms with Crippen molar-refractivity contribution in [1.29, 1.82) is 0 Å². The van der Waals surface area contributed by atoms with E-state index >= 15 is 0 Å². The van der Waals surface area contributed by atoms with Gasteiger partial charge in [0.15, 0.2) is 0 Å². The minimum atomic E-state index is -0.951. The van der Waals surface area contributed by atoms with Crippen LogP contribution in [0.4, 0.5) is 4.39 Å². The van der Waals surface area contributed by atoms with Crippen LogP contribution in [0.2, 0.25) is 0 Å². The Labute approximate surface area is 121 Å². The van der Waals surface area contributed by atoms with Crippen LogP contribution in [0.3, 0.4) is 0 Å². The molecular weight excluding hydrogens is 277 g/mol. The molecule has 0 aliphatic carbocycles. The number of carboxylic acids is 1. The van der Waals surface area contributed by atoms with Gasteiger partial charge < -0.3 is 5.11 Å². The minimum Gasteiger partial charge on any atom is -0.477 e. The number of benzene rings is 1. The van der Waals surface area contributed by atoms with Gasteiger partial charge in [-0.2, -0.15) is 0 Å². The Morgan fingerprint density at radius 3 is 2.70 bits per heavy atom. The molecule has 0 saturated carbocycles. The molecule has 1 aromatic carbocycles. The lowest BCUT2D eigenvalue weighted by Crippen LogP contribution is -2.20. The zero-order valence-electron chi connectivity index (χ0n) is 11.6. The molecule has 0 atom stereocenters. The molecule has 3 nitrogen and oxygen atoms in total. The van der Waals surface area contributed by atoms with E-state index in [4.69, 9.17) is 5.11 Å². The topological polar surface area (TPSA) is 50.2 Å². The molecule has 1 heterocycles. The van der Waals surface area contributed by atoms with Gasteiger partial charge >= 0.3 is 5.97 Å². The molecule has 0 fully saturated rings. The van der Waals surface area contributed by atoms with E-state index in [-0.39, 0.29) is 16.1 Å². The number of halogens is 1. The molecule has 106 valence electrons. The van der Waals surface area contributed by atoms with Crippen LogP contribution < -0.4 is 0 Å². The summed E-state index contributed by atoms with van der Waals surface area (Å²) in [6.07, 6.45) is 0.608. The Hall–Kier alpha value is -1.75. The van der Waals surface area contributed by atoms with Crippen molar-refractivity contribution in [2.24, 2.45) is 0 Å². The lowest BCUT2D eigenvalue weighted by atomic mass is 9.86. The Balaban J connectivity index is 2.30. The van der Waals surface area contributed by atoms with Crippen molar-refractivity contribution in [2.45, 2.75) is 32.6 Å².